The highest BCUT2D eigenvalue weighted by atomic mass is 19.1. The fraction of sp³-hybridized carbons (Fsp3) is 0.368. The Labute approximate surface area is 130 Å². The average molecular weight is 301 g/mol. The number of hydrogen-bond donors (Lipinski definition) is 1. The van der Waals surface area contributed by atoms with Crippen LogP contribution >= 0.6 is 0 Å². The average Bonchev–Trinajstić information content (AvgIpc) is 2.53. The number of benzene rings is 2. The summed E-state index contributed by atoms with van der Waals surface area (Å²) >= 11 is 0. The lowest BCUT2D eigenvalue weighted by molar-refractivity contribution is 0.533. The number of nitrogens with one attached hydrogen (secondary N) is 1. The van der Waals surface area contributed by atoms with Gasteiger partial charge in [0.05, 0.1) is 0 Å². The first kappa shape index (κ1) is 15.2. The van der Waals surface area contributed by atoms with E-state index in [1.165, 1.54) is 48.1 Å². The molecule has 2 aromatic rings. The maximum atomic E-state index is 13.6. The highest BCUT2D eigenvalue weighted by molar-refractivity contribution is 5.35. The van der Waals surface area contributed by atoms with Crippen LogP contribution in [-0.2, 0) is 19.4 Å². The van der Waals surface area contributed by atoms with Gasteiger partial charge in [0.25, 0.3) is 0 Å². The minimum Gasteiger partial charge on any atom is -0.306 e. The Morgan fingerprint density at radius 3 is 2.55 bits per heavy atom. The van der Waals surface area contributed by atoms with Gasteiger partial charge >= 0.3 is 0 Å². The summed E-state index contributed by atoms with van der Waals surface area (Å²) in [7, 11) is 0. The van der Waals surface area contributed by atoms with Gasteiger partial charge < -0.3 is 5.32 Å². The van der Waals surface area contributed by atoms with Gasteiger partial charge in [-0.3, -0.25) is 0 Å². The zero-order valence-corrected chi connectivity index (χ0v) is 12.8. The summed E-state index contributed by atoms with van der Waals surface area (Å²) in [4.78, 5) is 0. The predicted molar refractivity (Wildman–Crippen MR) is 84.7 cm³/mol. The van der Waals surface area contributed by atoms with E-state index in [1.54, 1.807) is 0 Å². The molecule has 0 saturated heterocycles. The van der Waals surface area contributed by atoms with Gasteiger partial charge in [-0.05, 0) is 55.4 Å². The summed E-state index contributed by atoms with van der Waals surface area (Å²) in [6.07, 6.45) is 4.88. The third-order valence-corrected chi connectivity index (χ3v) is 4.49. The van der Waals surface area contributed by atoms with Crippen molar-refractivity contribution in [2.75, 3.05) is 0 Å². The summed E-state index contributed by atoms with van der Waals surface area (Å²) in [6, 6.07) is 10.5. The molecule has 1 aliphatic rings. The molecular weight excluding hydrogens is 280 g/mol. The van der Waals surface area contributed by atoms with Crippen LogP contribution in [0.5, 0.6) is 0 Å². The normalized spacial score (nSPS) is 15.4. The van der Waals surface area contributed by atoms with Crippen molar-refractivity contribution in [1.82, 2.24) is 5.32 Å². The minimum atomic E-state index is -0.538. The largest absolute Gasteiger partial charge is 0.306 e. The molecule has 3 rings (SSSR count). The Bertz CT molecular complexity index is 666. The van der Waals surface area contributed by atoms with Crippen molar-refractivity contribution in [1.29, 1.82) is 0 Å². The van der Waals surface area contributed by atoms with Crippen molar-refractivity contribution >= 4 is 0 Å². The van der Waals surface area contributed by atoms with Crippen LogP contribution in [0.2, 0.25) is 0 Å². The minimum absolute atomic E-state index is 0.136. The van der Waals surface area contributed by atoms with Crippen molar-refractivity contribution in [2.24, 2.45) is 0 Å². The number of hydrogen-bond acceptors (Lipinski definition) is 1. The molecular formula is C19H21F2N. The first-order valence-corrected chi connectivity index (χ1v) is 7.92. The zero-order chi connectivity index (χ0) is 15.5. The molecule has 22 heavy (non-hydrogen) atoms. The van der Waals surface area contributed by atoms with Crippen molar-refractivity contribution in [3.8, 4) is 0 Å². The van der Waals surface area contributed by atoms with E-state index in [2.05, 4.69) is 30.4 Å². The van der Waals surface area contributed by atoms with E-state index in [1.807, 2.05) is 0 Å². The summed E-state index contributed by atoms with van der Waals surface area (Å²) in [5.41, 5.74) is 4.63. The molecule has 0 spiro atoms. The molecule has 0 fully saturated rings. The van der Waals surface area contributed by atoms with Crippen LogP contribution in [0.1, 0.15) is 48.1 Å². The maximum absolute atomic E-state index is 13.6. The molecule has 0 amide bonds. The SMILES string of the molecule is CC(NCc1ccc(F)cc1F)c1ccc2c(c1)CCCC2. The Morgan fingerprint density at radius 2 is 1.77 bits per heavy atom. The van der Waals surface area contributed by atoms with Gasteiger partial charge in [0.2, 0.25) is 0 Å². The third kappa shape index (κ3) is 3.36. The Balaban J connectivity index is 1.68. The second-order valence-electron chi connectivity index (χ2n) is 6.07. The highest BCUT2D eigenvalue weighted by Crippen LogP contribution is 2.25. The highest BCUT2D eigenvalue weighted by Gasteiger charge is 2.13. The van der Waals surface area contributed by atoms with Gasteiger partial charge in [-0.25, -0.2) is 8.78 Å². The van der Waals surface area contributed by atoms with Crippen molar-refractivity contribution in [2.45, 2.75) is 45.2 Å². The van der Waals surface area contributed by atoms with E-state index in [4.69, 9.17) is 0 Å². The van der Waals surface area contributed by atoms with Crippen LogP contribution in [0.3, 0.4) is 0 Å². The number of aryl methyl sites for hydroxylation is 2. The van der Waals surface area contributed by atoms with Gasteiger partial charge in [0.1, 0.15) is 11.6 Å². The van der Waals surface area contributed by atoms with E-state index in [0.29, 0.717) is 12.1 Å². The second kappa shape index (κ2) is 6.57. The number of fused-ring (bicyclic) bond motifs is 1. The lowest BCUT2D eigenvalue weighted by atomic mass is 9.89. The van der Waals surface area contributed by atoms with Crippen LogP contribution in [0, 0.1) is 11.6 Å². The molecule has 1 unspecified atom stereocenters. The van der Waals surface area contributed by atoms with Gasteiger partial charge in [-0.15, -0.1) is 0 Å². The van der Waals surface area contributed by atoms with E-state index in [0.717, 1.165) is 12.5 Å². The van der Waals surface area contributed by atoms with Crippen LogP contribution in [0.4, 0.5) is 8.78 Å². The van der Waals surface area contributed by atoms with Crippen LogP contribution in [0.25, 0.3) is 0 Å². The first-order chi connectivity index (χ1) is 10.6. The van der Waals surface area contributed by atoms with Crippen molar-refractivity contribution in [3.05, 3.63) is 70.3 Å². The van der Waals surface area contributed by atoms with Gasteiger partial charge in [0.15, 0.2) is 0 Å². The molecule has 0 aliphatic heterocycles. The van der Waals surface area contributed by atoms with E-state index < -0.39 is 11.6 Å². The standard InChI is InChI=1S/C19H21F2N/c1-13(22-12-17-8-9-18(20)11-19(17)21)15-7-6-14-4-2-3-5-16(14)10-15/h6-11,13,22H,2-5,12H2,1H3. The topological polar surface area (TPSA) is 12.0 Å². The maximum Gasteiger partial charge on any atom is 0.130 e. The molecule has 116 valence electrons. The lowest BCUT2D eigenvalue weighted by Gasteiger charge is -2.20. The Hall–Kier alpha value is -1.74. The molecule has 1 atom stereocenters. The van der Waals surface area contributed by atoms with Crippen LogP contribution in [0.15, 0.2) is 36.4 Å². The summed E-state index contributed by atoms with van der Waals surface area (Å²) in [5.74, 6) is -1.03. The quantitative estimate of drug-likeness (QED) is 0.863. The second-order valence-corrected chi connectivity index (χ2v) is 6.07. The van der Waals surface area contributed by atoms with Crippen molar-refractivity contribution in [3.63, 3.8) is 0 Å². The molecule has 1 aliphatic carbocycles. The Morgan fingerprint density at radius 1 is 1.00 bits per heavy atom. The van der Waals surface area contributed by atoms with Gasteiger partial charge in [-0.1, -0.05) is 24.3 Å². The van der Waals surface area contributed by atoms with Gasteiger partial charge in [-0.2, -0.15) is 0 Å². The smallest absolute Gasteiger partial charge is 0.130 e. The van der Waals surface area contributed by atoms with Crippen LogP contribution in [-0.4, -0.2) is 0 Å². The van der Waals surface area contributed by atoms with Crippen molar-refractivity contribution < 1.29 is 8.78 Å². The zero-order valence-electron chi connectivity index (χ0n) is 12.8. The Kier molecular flexibility index (Phi) is 4.53. The predicted octanol–water partition coefficient (Wildman–Crippen LogP) is 4.69. The number of halogens is 2. The fourth-order valence-corrected chi connectivity index (χ4v) is 3.07. The number of rotatable bonds is 4. The van der Waals surface area contributed by atoms with Crippen LogP contribution < -0.4 is 5.32 Å². The first-order valence-electron chi connectivity index (χ1n) is 7.92. The molecule has 2 aromatic carbocycles. The molecule has 0 saturated carbocycles. The molecule has 1 N–H and O–H groups in total. The molecule has 1 nitrogen and oxygen atoms in total. The summed E-state index contributed by atoms with van der Waals surface area (Å²) in [5, 5.41) is 3.32. The molecule has 0 bridgehead atoms. The molecule has 0 heterocycles. The summed E-state index contributed by atoms with van der Waals surface area (Å²) < 4.78 is 26.6. The third-order valence-electron chi connectivity index (χ3n) is 4.49. The fourth-order valence-electron chi connectivity index (χ4n) is 3.07. The monoisotopic (exact) mass is 301 g/mol. The molecule has 3 heteroatoms. The lowest BCUT2D eigenvalue weighted by Crippen LogP contribution is -2.19. The van der Waals surface area contributed by atoms with E-state index in [-0.39, 0.29) is 6.04 Å². The van der Waals surface area contributed by atoms with E-state index in [9.17, 15) is 8.78 Å². The molecule has 0 aromatic heterocycles. The van der Waals surface area contributed by atoms with E-state index >= 15 is 0 Å². The molecule has 0 radical (unpaired) electrons. The van der Waals surface area contributed by atoms with Gasteiger partial charge in [0, 0.05) is 24.2 Å². The summed E-state index contributed by atoms with van der Waals surface area (Å²) in [6.45, 7) is 2.47.